The summed E-state index contributed by atoms with van der Waals surface area (Å²) in [4.78, 5) is 12.6. The summed E-state index contributed by atoms with van der Waals surface area (Å²) in [5, 5.41) is 0. The molecule has 0 aromatic heterocycles. The van der Waals surface area contributed by atoms with Crippen LogP contribution in [0.25, 0.3) is 0 Å². The van der Waals surface area contributed by atoms with Crippen molar-refractivity contribution in [1.82, 2.24) is 4.90 Å². The van der Waals surface area contributed by atoms with Gasteiger partial charge in [0.2, 0.25) is 5.88 Å². The zero-order valence-corrected chi connectivity index (χ0v) is 13.5. The molecule has 0 aromatic carbocycles. The molecule has 6 nitrogen and oxygen atoms in total. The molecule has 1 rings (SSSR count). The summed E-state index contributed by atoms with van der Waals surface area (Å²) in [6, 6.07) is 0. The van der Waals surface area contributed by atoms with Crippen LogP contribution in [-0.4, -0.2) is 55.9 Å². The van der Waals surface area contributed by atoms with Crippen LogP contribution < -0.4 is 0 Å². The number of hydrogen-bond donors (Lipinski definition) is 0. The molecule has 0 saturated heterocycles. The van der Waals surface area contributed by atoms with Gasteiger partial charge in [0.05, 0.1) is 0 Å². The van der Waals surface area contributed by atoms with Gasteiger partial charge in [0.25, 0.3) is 0 Å². The van der Waals surface area contributed by atoms with Gasteiger partial charge in [0.15, 0.2) is 0 Å². The molecular formula is C11H16F3LiNO5S. The van der Waals surface area contributed by atoms with Crippen molar-refractivity contribution in [1.29, 1.82) is 0 Å². The first-order valence-electron chi connectivity index (χ1n) is 6.05. The normalized spacial score (nSPS) is 16.5. The van der Waals surface area contributed by atoms with Crippen molar-refractivity contribution in [3.8, 4) is 0 Å². The van der Waals surface area contributed by atoms with Gasteiger partial charge < -0.3 is 8.92 Å². The Hall–Kier alpha value is -0.853. The molecule has 11 heteroatoms. The molecule has 1 radical (unpaired) electrons. The third kappa shape index (κ3) is 5.74. The number of halogens is 3. The largest absolute Gasteiger partial charge is 0.534 e. The quantitative estimate of drug-likeness (QED) is 0.439. The number of ether oxygens (including phenoxy) is 1. The first kappa shape index (κ1) is 21.1. The number of amides is 1. The number of carbonyl (C=O) groups excluding carboxylic acids is 1. The standard InChI is InChI=1S/C11H16F3NO5S.Li/c1-10(2,3)19-9(16)15-7-5-4-6-8(15)20-21(17,18)11(12,13)14;/h6H,4-5,7H2,1-3H3;. The van der Waals surface area contributed by atoms with Crippen LogP contribution in [0.5, 0.6) is 0 Å². The molecule has 1 amide bonds. The van der Waals surface area contributed by atoms with E-state index in [0.29, 0.717) is 12.8 Å². The molecule has 1 aliphatic rings. The molecule has 22 heavy (non-hydrogen) atoms. The zero-order chi connectivity index (χ0) is 16.5. The first-order chi connectivity index (χ1) is 9.33. The summed E-state index contributed by atoms with van der Waals surface area (Å²) in [5.41, 5.74) is -6.44. The van der Waals surface area contributed by atoms with Crippen LogP contribution in [-0.2, 0) is 19.0 Å². The minimum absolute atomic E-state index is 0. The van der Waals surface area contributed by atoms with Crippen molar-refractivity contribution in [3.05, 3.63) is 12.0 Å². The molecule has 0 aliphatic carbocycles. The molecular weight excluding hydrogens is 322 g/mol. The predicted octanol–water partition coefficient (Wildman–Crippen LogP) is 2.34. The summed E-state index contributed by atoms with van der Waals surface area (Å²) in [5.74, 6) is -0.687. The summed E-state index contributed by atoms with van der Waals surface area (Å²) < 4.78 is 68.0. The molecule has 0 N–H and O–H groups in total. The summed E-state index contributed by atoms with van der Waals surface area (Å²) in [6.07, 6.45) is 0.891. The number of carbonyl (C=O) groups is 1. The van der Waals surface area contributed by atoms with Gasteiger partial charge >= 0.3 is 21.7 Å². The molecule has 0 saturated carbocycles. The maximum absolute atomic E-state index is 12.3. The monoisotopic (exact) mass is 338 g/mol. The van der Waals surface area contributed by atoms with Gasteiger partial charge in [0, 0.05) is 25.4 Å². The van der Waals surface area contributed by atoms with E-state index in [0.717, 1.165) is 11.0 Å². The van der Waals surface area contributed by atoms with E-state index in [-0.39, 0.29) is 25.4 Å². The van der Waals surface area contributed by atoms with Crippen molar-refractivity contribution in [3.63, 3.8) is 0 Å². The van der Waals surface area contributed by atoms with E-state index in [1.165, 1.54) is 0 Å². The van der Waals surface area contributed by atoms with E-state index in [9.17, 15) is 26.4 Å². The third-order valence-electron chi connectivity index (χ3n) is 2.26. The van der Waals surface area contributed by atoms with Crippen LogP contribution >= 0.6 is 0 Å². The van der Waals surface area contributed by atoms with Crippen LogP contribution in [0.2, 0.25) is 0 Å². The Labute approximate surface area is 138 Å². The van der Waals surface area contributed by atoms with Crippen molar-refractivity contribution >= 4 is 35.1 Å². The van der Waals surface area contributed by atoms with E-state index in [4.69, 9.17) is 4.74 Å². The van der Waals surface area contributed by atoms with Crippen molar-refractivity contribution in [2.24, 2.45) is 0 Å². The Kier molecular flexibility index (Phi) is 6.87. The molecule has 123 valence electrons. The van der Waals surface area contributed by atoms with E-state index < -0.39 is 33.2 Å². The minimum Gasteiger partial charge on any atom is -0.443 e. The van der Waals surface area contributed by atoms with E-state index in [2.05, 4.69) is 4.18 Å². The second-order valence-corrected chi connectivity index (χ2v) is 6.84. The molecule has 1 aliphatic heterocycles. The maximum Gasteiger partial charge on any atom is 0.534 e. The van der Waals surface area contributed by atoms with Crippen molar-refractivity contribution < 1.29 is 35.3 Å². The average molecular weight is 338 g/mol. The SMILES string of the molecule is CC(C)(C)OC(=O)N1CCCC=C1OS(=O)(=O)C(F)(F)F.[Li]. The Balaban J connectivity index is 0.00000441. The fourth-order valence-corrected chi connectivity index (χ4v) is 1.91. The summed E-state index contributed by atoms with van der Waals surface area (Å²) in [6.45, 7) is 4.73. The second-order valence-electron chi connectivity index (χ2n) is 5.30. The third-order valence-corrected chi connectivity index (χ3v) is 3.22. The zero-order valence-electron chi connectivity index (χ0n) is 12.7. The van der Waals surface area contributed by atoms with Crippen LogP contribution in [0.3, 0.4) is 0 Å². The van der Waals surface area contributed by atoms with Crippen LogP contribution in [0.4, 0.5) is 18.0 Å². The number of rotatable bonds is 2. The number of hydrogen-bond acceptors (Lipinski definition) is 5. The van der Waals surface area contributed by atoms with E-state index >= 15 is 0 Å². The average Bonchev–Trinajstić information content (AvgIpc) is 2.25. The van der Waals surface area contributed by atoms with Gasteiger partial charge in [0.1, 0.15) is 5.60 Å². The molecule has 0 fully saturated rings. The molecule has 1 heterocycles. The molecule has 0 spiro atoms. The molecule has 0 bridgehead atoms. The Morgan fingerprint density at radius 2 is 1.82 bits per heavy atom. The van der Waals surface area contributed by atoms with Gasteiger partial charge in [-0.1, -0.05) is 0 Å². The summed E-state index contributed by atoms with van der Waals surface area (Å²) >= 11 is 0. The fraction of sp³-hybridized carbons (Fsp3) is 0.727. The molecule has 0 atom stereocenters. The smallest absolute Gasteiger partial charge is 0.443 e. The van der Waals surface area contributed by atoms with Crippen LogP contribution in [0, 0.1) is 0 Å². The van der Waals surface area contributed by atoms with Crippen LogP contribution in [0.15, 0.2) is 12.0 Å². The number of nitrogens with zero attached hydrogens (tertiary/aromatic N) is 1. The first-order valence-corrected chi connectivity index (χ1v) is 7.46. The second kappa shape index (κ2) is 7.15. The van der Waals surface area contributed by atoms with Gasteiger partial charge in [-0.3, -0.25) is 0 Å². The summed E-state index contributed by atoms with van der Waals surface area (Å²) in [7, 11) is -5.83. The molecule has 0 unspecified atom stereocenters. The van der Waals surface area contributed by atoms with Gasteiger partial charge in [-0.25, -0.2) is 9.69 Å². The van der Waals surface area contributed by atoms with E-state index in [1.54, 1.807) is 20.8 Å². The number of alkyl halides is 3. The van der Waals surface area contributed by atoms with Gasteiger partial charge in [-0.05, 0) is 39.7 Å². The predicted molar refractivity (Wildman–Crippen MR) is 72.1 cm³/mol. The van der Waals surface area contributed by atoms with Crippen LogP contribution in [0.1, 0.15) is 33.6 Å². The Morgan fingerprint density at radius 3 is 2.27 bits per heavy atom. The Morgan fingerprint density at radius 1 is 1.27 bits per heavy atom. The fourth-order valence-electron chi connectivity index (χ4n) is 1.43. The van der Waals surface area contributed by atoms with Gasteiger partial charge in [-0.15, -0.1) is 0 Å². The number of allylic oxidation sites excluding steroid dienone is 1. The maximum atomic E-state index is 12.3. The topological polar surface area (TPSA) is 72.9 Å². The van der Waals surface area contributed by atoms with Crippen molar-refractivity contribution in [2.75, 3.05) is 6.54 Å². The minimum atomic E-state index is -5.83. The molecule has 0 aromatic rings. The van der Waals surface area contributed by atoms with Crippen molar-refractivity contribution in [2.45, 2.75) is 44.7 Å². The Bertz CT molecular complexity index is 539. The van der Waals surface area contributed by atoms with Gasteiger partial charge in [-0.2, -0.15) is 21.6 Å². The van der Waals surface area contributed by atoms with E-state index in [1.807, 2.05) is 0 Å².